The first-order valence-corrected chi connectivity index (χ1v) is 4.23. The third-order valence-corrected chi connectivity index (χ3v) is 2.14. The van der Waals surface area contributed by atoms with Gasteiger partial charge in [0.25, 0.3) is 0 Å². The third-order valence-electron chi connectivity index (χ3n) is 2.14. The number of hydrogen-bond acceptors (Lipinski definition) is 3. The molecular formula is C8H15NO3. The van der Waals surface area contributed by atoms with Crippen molar-refractivity contribution in [1.82, 2.24) is 4.90 Å². The summed E-state index contributed by atoms with van der Waals surface area (Å²) < 4.78 is 5.17. The average Bonchev–Trinajstić information content (AvgIpc) is 2.05. The van der Waals surface area contributed by atoms with Crippen molar-refractivity contribution < 1.29 is 14.6 Å². The van der Waals surface area contributed by atoms with Gasteiger partial charge in [-0.3, -0.25) is 9.69 Å². The number of carboxylic acids is 1. The second-order valence-electron chi connectivity index (χ2n) is 3.10. The summed E-state index contributed by atoms with van der Waals surface area (Å²) in [5.41, 5.74) is 0. The van der Waals surface area contributed by atoms with Gasteiger partial charge in [0.2, 0.25) is 0 Å². The van der Waals surface area contributed by atoms with Crippen molar-refractivity contribution in [3.8, 4) is 0 Å². The maximum absolute atomic E-state index is 10.4. The molecule has 1 atom stereocenters. The van der Waals surface area contributed by atoms with E-state index in [9.17, 15) is 4.79 Å². The highest BCUT2D eigenvalue weighted by Crippen LogP contribution is 2.06. The molecule has 1 unspecified atom stereocenters. The Hall–Kier alpha value is -0.610. The minimum Gasteiger partial charge on any atom is -0.481 e. The van der Waals surface area contributed by atoms with E-state index in [-0.39, 0.29) is 12.5 Å². The quantitative estimate of drug-likeness (QED) is 0.661. The lowest BCUT2D eigenvalue weighted by Gasteiger charge is -2.31. The van der Waals surface area contributed by atoms with E-state index in [1.807, 2.05) is 6.92 Å². The smallest absolute Gasteiger partial charge is 0.304 e. The van der Waals surface area contributed by atoms with Crippen LogP contribution in [0.1, 0.15) is 13.3 Å². The first-order chi connectivity index (χ1) is 5.70. The van der Waals surface area contributed by atoms with Crippen molar-refractivity contribution in [1.29, 1.82) is 0 Å². The minimum atomic E-state index is -0.728. The van der Waals surface area contributed by atoms with Crippen molar-refractivity contribution in [2.24, 2.45) is 0 Å². The maximum atomic E-state index is 10.4. The van der Waals surface area contributed by atoms with Crippen LogP contribution in [0.3, 0.4) is 0 Å². The Morgan fingerprint density at radius 1 is 1.58 bits per heavy atom. The SMILES string of the molecule is CC(CC(=O)O)N1CCOCC1. The molecule has 0 radical (unpaired) electrons. The van der Waals surface area contributed by atoms with Crippen molar-refractivity contribution in [3.63, 3.8) is 0 Å². The highest BCUT2D eigenvalue weighted by atomic mass is 16.5. The maximum Gasteiger partial charge on any atom is 0.304 e. The van der Waals surface area contributed by atoms with Gasteiger partial charge in [0.05, 0.1) is 19.6 Å². The van der Waals surface area contributed by atoms with Crippen LogP contribution < -0.4 is 0 Å². The zero-order chi connectivity index (χ0) is 8.97. The lowest BCUT2D eigenvalue weighted by Crippen LogP contribution is -2.42. The molecule has 1 heterocycles. The van der Waals surface area contributed by atoms with Gasteiger partial charge in [0, 0.05) is 19.1 Å². The van der Waals surface area contributed by atoms with E-state index in [0.29, 0.717) is 0 Å². The van der Waals surface area contributed by atoms with E-state index in [2.05, 4.69) is 4.90 Å². The van der Waals surface area contributed by atoms with Gasteiger partial charge in [0.1, 0.15) is 0 Å². The van der Waals surface area contributed by atoms with Gasteiger partial charge in [-0.05, 0) is 6.92 Å². The van der Waals surface area contributed by atoms with Gasteiger partial charge in [0.15, 0.2) is 0 Å². The van der Waals surface area contributed by atoms with Crippen LogP contribution in [0.4, 0.5) is 0 Å². The van der Waals surface area contributed by atoms with Crippen molar-refractivity contribution in [3.05, 3.63) is 0 Å². The molecule has 0 amide bonds. The highest BCUT2D eigenvalue weighted by Gasteiger charge is 2.18. The number of carbonyl (C=O) groups is 1. The fourth-order valence-corrected chi connectivity index (χ4v) is 1.40. The normalized spacial score (nSPS) is 22.1. The molecule has 1 aliphatic heterocycles. The van der Waals surface area contributed by atoms with Gasteiger partial charge in [-0.1, -0.05) is 0 Å². The average molecular weight is 173 g/mol. The molecular weight excluding hydrogens is 158 g/mol. The summed E-state index contributed by atoms with van der Waals surface area (Å²) in [6.07, 6.45) is 0.222. The van der Waals surface area contributed by atoms with Crippen LogP contribution in [-0.4, -0.2) is 48.3 Å². The molecule has 1 saturated heterocycles. The van der Waals surface area contributed by atoms with Crippen LogP contribution in [0.5, 0.6) is 0 Å². The molecule has 0 spiro atoms. The summed E-state index contributed by atoms with van der Waals surface area (Å²) in [6, 6.07) is 0.131. The van der Waals surface area contributed by atoms with E-state index < -0.39 is 5.97 Å². The first kappa shape index (κ1) is 9.48. The van der Waals surface area contributed by atoms with Crippen molar-refractivity contribution in [2.45, 2.75) is 19.4 Å². The molecule has 1 fully saturated rings. The largest absolute Gasteiger partial charge is 0.481 e. The molecule has 12 heavy (non-hydrogen) atoms. The standard InChI is InChI=1S/C8H15NO3/c1-7(6-8(10)11)9-2-4-12-5-3-9/h7H,2-6H2,1H3,(H,10,11). The Bertz CT molecular complexity index is 154. The van der Waals surface area contributed by atoms with Crippen LogP contribution in [0.2, 0.25) is 0 Å². The highest BCUT2D eigenvalue weighted by molar-refractivity contribution is 5.67. The zero-order valence-corrected chi connectivity index (χ0v) is 7.32. The van der Waals surface area contributed by atoms with Gasteiger partial charge < -0.3 is 9.84 Å². The molecule has 0 aromatic heterocycles. The molecule has 0 aromatic carbocycles. The Kier molecular flexibility index (Phi) is 3.49. The molecule has 4 nitrogen and oxygen atoms in total. The van der Waals surface area contributed by atoms with Crippen LogP contribution in [0.15, 0.2) is 0 Å². The van der Waals surface area contributed by atoms with Crippen molar-refractivity contribution >= 4 is 5.97 Å². The predicted octanol–water partition coefficient (Wildman–Crippen LogP) is 0.182. The molecule has 70 valence electrons. The van der Waals surface area contributed by atoms with Crippen LogP contribution in [-0.2, 0) is 9.53 Å². The fraction of sp³-hybridized carbons (Fsp3) is 0.875. The molecule has 0 saturated carbocycles. The lowest BCUT2D eigenvalue weighted by atomic mass is 10.2. The number of ether oxygens (including phenoxy) is 1. The number of hydrogen-bond donors (Lipinski definition) is 1. The first-order valence-electron chi connectivity index (χ1n) is 4.23. The number of rotatable bonds is 3. The predicted molar refractivity (Wildman–Crippen MR) is 44.1 cm³/mol. The van der Waals surface area contributed by atoms with E-state index >= 15 is 0 Å². The second-order valence-corrected chi connectivity index (χ2v) is 3.10. The number of aliphatic carboxylic acids is 1. The monoisotopic (exact) mass is 173 g/mol. The summed E-state index contributed by atoms with van der Waals surface area (Å²) in [7, 11) is 0. The van der Waals surface area contributed by atoms with Crippen molar-refractivity contribution in [2.75, 3.05) is 26.3 Å². The number of nitrogens with zero attached hydrogens (tertiary/aromatic N) is 1. The number of carboxylic acid groups (broad SMARTS) is 1. The fourth-order valence-electron chi connectivity index (χ4n) is 1.40. The molecule has 0 aromatic rings. The summed E-state index contributed by atoms with van der Waals surface area (Å²) in [4.78, 5) is 12.5. The Labute approximate surface area is 72.1 Å². The Morgan fingerprint density at radius 3 is 2.67 bits per heavy atom. The molecule has 0 aliphatic carbocycles. The number of morpholine rings is 1. The molecule has 1 rings (SSSR count). The van der Waals surface area contributed by atoms with Gasteiger partial charge in [-0.25, -0.2) is 0 Å². The summed E-state index contributed by atoms with van der Waals surface area (Å²) in [6.45, 7) is 5.11. The lowest BCUT2D eigenvalue weighted by molar-refractivity contribution is -0.138. The van der Waals surface area contributed by atoms with Crippen LogP contribution in [0, 0.1) is 0 Å². The Morgan fingerprint density at radius 2 is 2.17 bits per heavy atom. The summed E-state index contributed by atoms with van der Waals surface area (Å²) in [5, 5.41) is 8.56. The molecule has 0 bridgehead atoms. The minimum absolute atomic E-state index is 0.131. The molecule has 1 N–H and O–H groups in total. The van der Waals surface area contributed by atoms with E-state index in [4.69, 9.17) is 9.84 Å². The van der Waals surface area contributed by atoms with Gasteiger partial charge >= 0.3 is 5.97 Å². The summed E-state index contributed by atoms with van der Waals surface area (Å²) in [5.74, 6) is -0.728. The second kappa shape index (κ2) is 4.42. The van der Waals surface area contributed by atoms with Gasteiger partial charge in [-0.2, -0.15) is 0 Å². The van der Waals surface area contributed by atoms with Crippen LogP contribution in [0.25, 0.3) is 0 Å². The van der Waals surface area contributed by atoms with E-state index in [1.165, 1.54) is 0 Å². The van der Waals surface area contributed by atoms with Gasteiger partial charge in [-0.15, -0.1) is 0 Å². The zero-order valence-electron chi connectivity index (χ0n) is 7.32. The summed E-state index contributed by atoms with van der Waals surface area (Å²) >= 11 is 0. The molecule has 4 heteroatoms. The van der Waals surface area contributed by atoms with Crippen LogP contribution >= 0.6 is 0 Å². The topological polar surface area (TPSA) is 49.8 Å². The van der Waals surface area contributed by atoms with E-state index in [0.717, 1.165) is 26.3 Å². The Balaban J connectivity index is 2.29. The third kappa shape index (κ3) is 2.79. The molecule has 1 aliphatic rings. The van der Waals surface area contributed by atoms with E-state index in [1.54, 1.807) is 0 Å².